The maximum Gasteiger partial charge on any atom is 0.416 e. The molecular formula is C28H27F3N6O. The molecule has 1 saturated heterocycles. The van der Waals surface area contributed by atoms with E-state index in [-0.39, 0.29) is 17.0 Å². The minimum absolute atomic E-state index is 0.00503. The summed E-state index contributed by atoms with van der Waals surface area (Å²) in [5.41, 5.74) is 9.37. The van der Waals surface area contributed by atoms with Crippen molar-refractivity contribution >= 4 is 17.0 Å². The highest BCUT2D eigenvalue weighted by Gasteiger charge is 2.50. The normalized spacial score (nSPS) is 21.7. The van der Waals surface area contributed by atoms with E-state index < -0.39 is 17.2 Å². The van der Waals surface area contributed by atoms with Crippen molar-refractivity contribution in [3.05, 3.63) is 86.8 Å². The molecule has 4 aromatic rings. The van der Waals surface area contributed by atoms with E-state index in [2.05, 4.69) is 38.3 Å². The Labute approximate surface area is 216 Å². The number of rotatable bonds is 3. The van der Waals surface area contributed by atoms with Crippen molar-refractivity contribution in [2.45, 2.75) is 49.7 Å². The molecule has 3 heterocycles. The summed E-state index contributed by atoms with van der Waals surface area (Å²) in [7, 11) is 0. The molecule has 0 bridgehead atoms. The fourth-order valence-corrected chi connectivity index (χ4v) is 6.66. The topological polar surface area (TPSA) is 104 Å². The molecule has 0 amide bonds. The summed E-state index contributed by atoms with van der Waals surface area (Å²) >= 11 is 0. The van der Waals surface area contributed by atoms with Crippen molar-refractivity contribution < 1.29 is 13.2 Å². The summed E-state index contributed by atoms with van der Waals surface area (Å²) in [6.45, 7) is 1.46. The minimum atomic E-state index is -4.40. The van der Waals surface area contributed by atoms with Gasteiger partial charge in [0.05, 0.1) is 11.3 Å². The van der Waals surface area contributed by atoms with Crippen LogP contribution in [0.2, 0.25) is 0 Å². The summed E-state index contributed by atoms with van der Waals surface area (Å²) in [4.78, 5) is 23.1. The lowest BCUT2D eigenvalue weighted by Crippen LogP contribution is -2.45. The van der Waals surface area contributed by atoms with Crippen LogP contribution in [0.1, 0.15) is 59.7 Å². The first-order chi connectivity index (χ1) is 18.2. The summed E-state index contributed by atoms with van der Waals surface area (Å²) in [5, 5.41) is 7.74. The third-order valence-electron chi connectivity index (χ3n) is 9.04. The second kappa shape index (κ2) is 7.92. The van der Waals surface area contributed by atoms with Crippen LogP contribution in [0.4, 0.5) is 19.1 Å². The second-order valence-corrected chi connectivity index (χ2v) is 11.0. The van der Waals surface area contributed by atoms with Gasteiger partial charge in [0.15, 0.2) is 5.65 Å². The quantitative estimate of drug-likeness (QED) is 0.367. The highest BCUT2D eigenvalue weighted by atomic mass is 19.4. The number of hydrogen-bond acceptors (Lipinski definition) is 5. The molecule has 196 valence electrons. The average molecular weight is 521 g/mol. The van der Waals surface area contributed by atoms with Crippen LogP contribution in [0.5, 0.6) is 0 Å². The molecule has 1 atom stereocenters. The maximum absolute atomic E-state index is 13.3. The zero-order valence-corrected chi connectivity index (χ0v) is 20.6. The van der Waals surface area contributed by atoms with E-state index in [0.29, 0.717) is 35.5 Å². The monoisotopic (exact) mass is 520 g/mol. The summed E-state index contributed by atoms with van der Waals surface area (Å²) in [5.74, 6) is 0.496. The Kier molecular flexibility index (Phi) is 4.89. The van der Waals surface area contributed by atoms with Gasteiger partial charge in [-0.25, -0.2) is 0 Å². The van der Waals surface area contributed by atoms with Crippen molar-refractivity contribution in [3.8, 4) is 0 Å². The first-order valence-electron chi connectivity index (χ1n) is 13.0. The maximum atomic E-state index is 13.3. The summed E-state index contributed by atoms with van der Waals surface area (Å²) in [6, 6.07) is 13.5. The zero-order chi connectivity index (χ0) is 26.3. The van der Waals surface area contributed by atoms with Gasteiger partial charge in [0, 0.05) is 24.5 Å². The molecular weight excluding hydrogens is 493 g/mol. The lowest BCUT2D eigenvalue weighted by Gasteiger charge is -2.42. The first-order valence-corrected chi connectivity index (χ1v) is 13.0. The number of anilines is 1. The third kappa shape index (κ3) is 3.42. The lowest BCUT2D eigenvalue weighted by molar-refractivity contribution is -0.137. The Hall–Kier alpha value is -3.66. The second-order valence-electron chi connectivity index (χ2n) is 11.0. The molecule has 7 rings (SSSR count). The van der Waals surface area contributed by atoms with E-state index in [4.69, 9.17) is 10.7 Å². The molecule has 38 heavy (non-hydrogen) atoms. The predicted molar refractivity (Wildman–Crippen MR) is 137 cm³/mol. The number of nitrogens with zero attached hydrogens (tertiary/aromatic N) is 3. The van der Waals surface area contributed by atoms with Crippen LogP contribution in [0.3, 0.4) is 0 Å². The van der Waals surface area contributed by atoms with Gasteiger partial charge in [-0.05, 0) is 66.3 Å². The van der Waals surface area contributed by atoms with Crippen molar-refractivity contribution in [2.24, 2.45) is 11.1 Å². The Morgan fingerprint density at radius 3 is 2.37 bits per heavy atom. The van der Waals surface area contributed by atoms with Crippen LogP contribution < -0.4 is 16.2 Å². The Balaban J connectivity index is 1.15. The number of alkyl halides is 3. The average Bonchev–Trinajstić information content (AvgIpc) is 3.52. The summed E-state index contributed by atoms with van der Waals surface area (Å²) < 4.78 is 39.1. The number of piperidine rings is 1. The van der Waals surface area contributed by atoms with E-state index in [0.717, 1.165) is 50.0 Å². The molecule has 3 aliphatic rings. The molecule has 0 unspecified atom stereocenters. The van der Waals surface area contributed by atoms with E-state index in [1.54, 1.807) is 0 Å². The van der Waals surface area contributed by atoms with Crippen LogP contribution in [0.25, 0.3) is 11.0 Å². The van der Waals surface area contributed by atoms with Gasteiger partial charge in [-0.15, -0.1) is 0 Å². The predicted octanol–water partition coefficient (Wildman–Crippen LogP) is 4.59. The smallest absolute Gasteiger partial charge is 0.342 e. The fourth-order valence-electron chi connectivity index (χ4n) is 6.66. The number of nitrogens with one attached hydrogen (secondary N) is 2. The Bertz CT molecular complexity index is 1590. The molecule has 10 heteroatoms. The van der Waals surface area contributed by atoms with Crippen LogP contribution >= 0.6 is 0 Å². The van der Waals surface area contributed by atoms with Gasteiger partial charge in [0.1, 0.15) is 5.39 Å². The van der Waals surface area contributed by atoms with Gasteiger partial charge in [-0.2, -0.15) is 23.3 Å². The van der Waals surface area contributed by atoms with Crippen molar-refractivity contribution in [1.29, 1.82) is 0 Å². The molecule has 1 saturated carbocycles. The molecule has 1 spiro atoms. The SMILES string of the molecule is N[C@@H]1c2ccccc2CC12CCN(c1nc3[nH]nc(C4(c5ccc(C(F)(F)F)cc5)CC4)c3c(=O)[nH]1)CC2. The molecule has 1 aliphatic heterocycles. The van der Waals surface area contributed by atoms with E-state index in [1.165, 1.54) is 23.3 Å². The van der Waals surface area contributed by atoms with E-state index in [9.17, 15) is 18.0 Å². The molecule has 2 aliphatic carbocycles. The standard InChI is InChI=1S/C28H27F3N6O/c29-28(30,31)18-7-5-17(6-8-18)27(9-10-27)22-20-23(36-35-22)33-25(34-24(20)38)37-13-11-26(12-14-37)15-16-3-1-2-4-19(16)21(26)32/h1-8,21H,9-15,32H2,(H2,33,34,35,36,38)/t21-/m1/s1. The lowest BCUT2D eigenvalue weighted by atomic mass is 9.73. The van der Waals surface area contributed by atoms with Crippen molar-refractivity contribution in [1.82, 2.24) is 20.2 Å². The van der Waals surface area contributed by atoms with Crippen molar-refractivity contribution in [3.63, 3.8) is 0 Å². The Morgan fingerprint density at radius 1 is 1.00 bits per heavy atom. The number of aromatic nitrogens is 4. The fraction of sp³-hybridized carbons (Fsp3) is 0.393. The van der Waals surface area contributed by atoms with Crippen molar-refractivity contribution in [2.75, 3.05) is 18.0 Å². The zero-order valence-electron chi connectivity index (χ0n) is 20.6. The van der Waals surface area contributed by atoms with Gasteiger partial charge in [-0.3, -0.25) is 14.9 Å². The highest BCUT2D eigenvalue weighted by Crippen LogP contribution is 2.54. The van der Waals surface area contributed by atoms with Crippen LogP contribution in [-0.4, -0.2) is 33.3 Å². The van der Waals surface area contributed by atoms with Gasteiger partial charge >= 0.3 is 6.18 Å². The van der Waals surface area contributed by atoms with Gasteiger partial charge in [0.25, 0.3) is 5.56 Å². The molecule has 0 radical (unpaired) electrons. The van der Waals surface area contributed by atoms with Crippen LogP contribution in [0, 0.1) is 5.41 Å². The number of hydrogen-bond donors (Lipinski definition) is 3. The number of aromatic amines is 2. The number of benzene rings is 2. The molecule has 2 fully saturated rings. The van der Waals surface area contributed by atoms with Gasteiger partial charge < -0.3 is 10.6 Å². The molecule has 4 N–H and O–H groups in total. The molecule has 2 aromatic heterocycles. The first kappa shape index (κ1) is 23.5. The largest absolute Gasteiger partial charge is 0.416 e. The number of H-pyrrole nitrogens is 2. The molecule has 2 aromatic carbocycles. The highest BCUT2D eigenvalue weighted by molar-refractivity contribution is 5.80. The summed E-state index contributed by atoms with van der Waals surface area (Å²) in [6.07, 6.45) is -0.220. The molecule has 7 nitrogen and oxygen atoms in total. The third-order valence-corrected chi connectivity index (χ3v) is 9.04. The van der Waals surface area contributed by atoms with Crippen LogP contribution in [-0.2, 0) is 18.0 Å². The Morgan fingerprint density at radius 2 is 1.71 bits per heavy atom. The minimum Gasteiger partial charge on any atom is -0.342 e. The van der Waals surface area contributed by atoms with E-state index >= 15 is 0 Å². The number of halogens is 3. The number of fused-ring (bicyclic) bond motifs is 2. The number of nitrogens with two attached hydrogens (primary N) is 1. The van der Waals surface area contributed by atoms with Crippen LogP contribution in [0.15, 0.2) is 53.3 Å². The van der Waals surface area contributed by atoms with Gasteiger partial charge in [-0.1, -0.05) is 36.4 Å². The van der Waals surface area contributed by atoms with Gasteiger partial charge in [0.2, 0.25) is 5.95 Å². The van der Waals surface area contributed by atoms with E-state index in [1.807, 2.05) is 6.07 Å².